The second-order valence-corrected chi connectivity index (χ2v) is 5.57. The summed E-state index contributed by atoms with van der Waals surface area (Å²) in [5.41, 5.74) is 4.42. The lowest BCUT2D eigenvalue weighted by molar-refractivity contribution is 0.146. The van der Waals surface area contributed by atoms with Crippen molar-refractivity contribution in [3.63, 3.8) is 0 Å². The summed E-state index contributed by atoms with van der Waals surface area (Å²) in [6.45, 7) is 3.60. The number of aliphatic hydroxyl groups excluding tert-OH is 1. The molecule has 2 heteroatoms. The Kier molecular flexibility index (Phi) is 2.72. The Morgan fingerprint density at radius 2 is 2.35 bits per heavy atom. The van der Waals surface area contributed by atoms with Gasteiger partial charge in [-0.3, -0.25) is 0 Å². The van der Waals surface area contributed by atoms with Gasteiger partial charge in [0, 0.05) is 6.04 Å². The minimum Gasteiger partial charge on any atom is -0.392 e. The van der Waals surface area contributed by atoms with Gasteiger partial charge in [-0.15, -0.1) is 0 Å². The van der Waals surface area contributed by atoms with Gasteiger partial charge in [-0.05, 0) is 54.3 Å². The van der Waals surface area contributed by atoms with E-state index >= 15 is 0 Å². The van der Waals surface area contributed by atoms with Crippen molar-refractivity contribution in [3.8, 4) is 0 Å². The number of rotatable bonds is 2. The minimum atomic E-state index is 0.152. The average molecular weight is 231 g/mol. The van der Waals surface area contributed by atoms with Crippen LogP contribution in [0.2, 0.25) is 0 Å². The maximum atomic E-state index is 9.27. The van der Waals surface area contributed by atoms with E-state index in [1.807, 2.05) is 0 Å². The third-order valence-electron chi connectivity index (χ3n) is 4.76. The second-order valence-electron chi connectivity index (χ2n) is 5.57. The van der Waals surface area contributed by atoms with Gasteiger partial charge in [0.1, 0.15) is 0 Å². The largest absolute Gasteiger partial charge is 0.392 e. The first-order valence-electron chi connectivity index (χ1n) is 6.75. The molecule has 2 N–H and O–H groups in total. The highest BCUT2D eigenvalue weighted by molar-refractivity contribution is 5.41. The van der Waals surface area contributed by atoms with Crippen molar-refractivity contribution in [3.05, 3.63) is 34.9 Å². The van der Waals surface area contributed by atoms with Crippen LogP contribution < -0.4 is 5.32 Å². The summed E-state index contributed by atoms with van der Waals surface area (Å²) >= 11 is 0. The summed E-state index contributed by atoms with van der Waals surface area (Å²) in [5, 5.41) is 13.0. The van der Waals surface area contributed by atoms with Crippen molar-refractivity contribution in [1.82, 2.24) is 5.32 Å². The molecule has 0 spiro atoms. The molecule has 0 saturated carbocycles. The molecule has 0 aromatic heterocycles. The van der Waals surface area contributed by atoms with Crippen molar-refractivity contribution < 1.29 is 5.11 Å². The van der Waals surface area contributed by atoms with Crippen molar-refractivity contribution in [2.45, 2.75) is 45.3 Å². The van der Waals surface area contributed by atoms with Gasteiger partial charge in [-0.1, -0.05) is 25.1 Å². The fourth-order valence-corrected chi connectivity index (χ4v) is 3.74. The van der Waals surface area contributed by atoms with E-state index in [0.29, 0.717) is 11.5 Å². The summed E-state index contributed by atoms with van der Waals surface area (Å²) in [6, 6.07) is 7.01. The zero-order chi connectivity index (χ0) is 11.9. The van der Waals surface area contributed by atoms with E-state index in [4.69, 9.17) is 0 Å². The number of hydrogen-bond acceptors (Lipinski definition) is 2. The van der Waals surface area contributed by atoms with E-state index in [1.54, 1.807) is 0 Å². The van der Waals surface area contributed by atoms with Crippen LogP contribution in [0.3, 0.4) is 0 Å². The van der Waals surface area contributed by atoms with E-state index < -0.39 is 0 Å². The van der Waals surface area contributed by atoms with Crippen LogP contribution in [0.4, 0.5) is 0 Å². The lowest BCUT2D eigenvalue weighted by Crippen LogP contribution is -2.40. The topological polar surface area (TPSA) is 32.3 Å². The van der Waals surface area contributed by atoms with Gasteiger partial charge >= 0.3 is 0 Å². The predicted octanol–water partition coefficient (Wildman–Crippen LogP) is 2.56. The van der Waals surface area contributed by atoms with Gasteiger partial charge in [-0.2, -0.15) is 0 Å². The molecule has 1 aliphatic heterocycles. The summed E-state index contributed by atoms with van der Waals surface area (Å²) < 4.78 is 0. The monoisotopic (exact) mass is 231 g/mol. The van der Waals surface area contributed by atoms with E-state index in [0.717, 1.165) is 12.1 Å². The molecule has 3 rings (SSSR count). The SMILES string of the molecule is CC[C@]12CCCN[C@H]1c1cc(CO)ccc1C2. The van der Waals surface area contributed by atoms with E-state index in [-0.39, 0.29) is 6.61 Å². The smallest absolute Gasteiger partial charge is 0.0681 e. The van der Waals surface area contributed by atoms with Gasteiger partial charge in [0.25, 0.3) is 0 Å². The maximum absolute atomic E-state index is 9.27. The molecule has 1 aromatic carbocycles. The molecule has 1 aromatic rings. The standard InChI is InChI=1S/C15H21NO/c1-2-15-6-3-7-16-14(15)13-8-11(10-17)4-5-12(13)9-15/h4-5,8,14,16-17H,2-3,6-7,9-10H2,1H3/t14-,15+/m0/s1. The Morgan fingerprint density at radius 3 is 3.12 bits per heavy atom. The first-order chi connectivity index (χ1) is 8.29. The number of nitrogens with one attached hydrogen (secondary N) is 1. The number of fused-ring (bicyclic) bond motifs is 3. The Labute approximate surface area is 103 Å². The molecule has 1 aliphatic carbocycles. The van der Waals surface area contributed by atoms with Crippen LogP contribution in [-0.2, 0) is 13.0 Å². The van der Waals surface area contributed by atoms with Crippen molar-refractivity contribution in [1.29, 1.82) is 0 Å². The Hall–Kier alpha value is -0.860. The number of aliphatic hydroxyl groups is 1. The van der Waals surface area contributed by atoms with Crippen molar-refractivity contribution in [2.24, 2.45) is 5.41 Å². The van der Waals surface area contributed by atoms with Crippen LogP contribution in [0, 0.1) is 5.41 Å². The predicted molar refractivity (Wildman–Crippen MR) is 68.8 cm³/mol. The summed E-state index contributed by atoms with van der Waals surface area (Å²) in [6.07, 6.45) is 5.09. The fourth-order valence-electron chi connectivity index (χ4n) is 3.74. The maximum Gasteiger partial charge on any atom is 0.0681 e. The quantitative estimate of drug-likeness (QED) is 0.820. The summed E-state index contributed by atoms with van der Waals surface area (Å²) in [4.78, 5) is 0. The van der Waals surface area contributed by atoms with Crippen LogP contribution in [-0.4, -0.2) is 11.7 Å². The lowest BCUT2D eigenvalue weighted by Gasteiger charge is -2.40. The van der Waals surface area contributed by atoms with Gasteiger partial charge in [0.2, 0.25) is 0 Å². The first-order valence-corrected chi connectivity index (χ1v) is 6.75. The molecule has 2 nitrogen and oxygen atoms in total. The van der Waals surface area contributed by atoms with Crippen LogP contribution in [0.25, 0.3) is 0 Å². The Morgan fingerprint density at radius 1 is 1.47 bits per heavy atom. The van der Waals surface area contributed by atoms with Gasteiger partial charge in [-0.25, -0.2) is 0 Å². The highest BCUT2D eigenvalue weighted by atomic mass is 16.3. The molecule has 0 unspecified atom stereocenters. The van der Waals surface area contributed by atoms with Crippen LogP contribution in [0.1, 0.15) is 48.9 Å². The number of piperidine rings is 1. The number of benzene rings is 1. The summed E-state index contributed by atoms with van der Waals surface area (Å²) in [7, 11) is 0. The van der Waals surface area contributed by atoms with E-state index in [9.17, 15) is 5.11 Å². The van der Waals surface area contributed by atoms with Crippen molar-refractivity contribution in [2.75, 3.05) is 6.54 Å². The molecular weight excluding hydrogens is 210 g/mol. The highest BCUT2D eigenvalue weighted by Crippen LogP contribution is 2.52. The second kappa shape index (κ2) is 4.11. The first kappa shape index (κ1) is 11.2. The lowest BCUT2D eigenvalue weighted by atomic mass is 9.72. The fraction of sp³-hybridized carbons (Fsp3) is 0.600. The minimum absolute atomic E-state index is 0.152. The van der Waals surface area contributed by atoms with Crippen LogP contribution in [0.5, 0.6) is 0 Å². The Bertz CT molecular complexity index is 429. The molecule has 0 bridgehead atoms. The Balaban J connectivity index is 2.03. The molecule has 0 radical (unpaired) electrons. The third kappa shape index (κ3) is 1.62. The number of hydrogen-bond donors (Lipinski definition) is 2. The van der Waals surface area contributed by atoms with E-state index in [2.05, 4.69) is 30.4 Å². The zero-order valence-electron chi connectivity index (χ0n) is 10.5. The zero-order valence-corrected chi connectivity index (χ0v) is 10.5. The third-order valence-corrected chi connectivity index (χ3v) is 4.76. The van der Waals surface area contributed by atoms with Gasteiger partial charge in [0.15, 0.2) is 0 Å². The molecular formula is C15H21NO. The summed E-state index contributed by atoms with van der Waals surface area (Å²) in [5.74, 6) is 0. The van der Waals surface area contributed by atoms with Crippen LogP contribution in [0.15, 0.2) is 18.2 Å². The molecule has 17 heavy (non-hydrogen) atoms. The van der Waals surface area contributed by atoms with Crippen molar-refractivity contribution >= 4 is 0 Å². The van der Waals surface area contributed by atoms with E-state index in [1.165, 1.54) is 36.8 Å². The molecule has 0 amide bonds. The normalized spacial score (nSPS) is 31.1. The highest BCUT2D eigenvalue weighted by Gasteiger charge is 2.45. The van der Waals surface area contributed by atoms with Gasteiger partial charge in [0.05, 0.1) is 6.61 Å². The molecule has 92 valence electrons. The molecule has 1 fully saturated rings. The average Bonchev–Trinajstić information content (AvgIpc) is 2.72. The van der Waals surface area contributed by atoms with Crippen LogP contribution >= 0.6 is 0 Å². The van der Waals surface area contributed by atoms with Gasteiger partial charge < -0.3 is 10.4 Å². The molecule has 2 aliphatic rings. The molecule has 2 atom stereocenters. The molecule has 1 heterocycles. The molecule has 1 saturated heterocycles.